The number of carbonyl (C=O) groups is 3. The maximum absolute atomic E-state index is 13.5. The molecule has 0 radical (unpaired) electrons. The van der Waals surface area contributed by atoms with Crippen LogP contribution in [0.3, 0.4) is 0 Å². The van der Waals surface area contributed by atoms with Gasteiger partial charge in [-0.25, -0.2) is 4.39 Å². The largest absolute Gasteiger partial charge is 0.322 e. The number of carbonyl (C=O) groups excluding carboxylic acids is 3. The number of halogens is 1. The Balaban J connectivity index is 1.77. The van der Waals surface area contributed by atoms with E-state index in [1.807, 2.05) is 6.92 Å². The molecule has 0 fully saturated rings. The topological polar surface area (TPSA) is 66.5 Å². The number of fused-ring (bicyclic) bond motifs is 1. The number of hydrogen-bond acceptors (Lipinski definition) is 3. The van der Waals surface area contributed by atoms with E-state index in [4.69, 9.17) is 0 Å². The molecule has 2 aromatic carbocycles. The molecule has 1 N–H and O–H groups in total. The van der Waals surface area contributed by atoms with Crippen LogP contribution in [0.5, 0.6) is 0 Å². The van der Waals surface area contributed by atoms with Crippen molar-refractivity contribution in [2.24, 2.45) is 0 Å². The number of hydrogen-bond donors (Lipinski definition) is 1. The van der Waals surface area contributed by atoms with Crippen LogP contribution in [0.2, 0.25) is 0 Å². The van der Waals surface area contributed by atoms with Crippen LogP contribution in [0.4, 0.5) is 10.1 Å². The molecule has 1 heterocycles. The predicted molar refractivity (Wildman–Crippen MR) is 81.6 cm³/mol. The summed E-state index contributed by atoms with van der Waals surface area (Å²) in [5.74, 6) is -2.26. The second-order valence-corrected chi connectivity index (χ2v) is 5.27. The zero-order valence-corrected chi connectivity index (χ0v) is 12.3. The van der Waals surface area contributed by atoms with E-state index in [-0.39, 0.29) is 16.8 Å². The van der Waals surface area contributed by atoms with Crippen molar-refractivity contribution in [2.75, 3.05) is 11.9 Å². The Bertz CT molecular complexity index is 832. The Kier molecular flexibility index (Phi) is 3.65. The van der Waals surface area contributed by atoms with Crippen molar-refractivity contribution in [3.05, 3.63) is 65.0 Å². The van der Waals surface area contributed by atoms with E-state index in [1.165, 1.54) is 18.2 Å². The van der Waals surface area contributed by atoms with Gasteiger partial charge in [0, 0.05) is 0 Å². The molecule has 0 aromatic heterocycles. The molecule has 0 atom stereocenters. The lowest BCUT2D eigenvalue weighted by atomic mass is 10.1. The summed E-state index contributed by atoms with van der Waals surface area (Å²) in [6.45, 7) is 1.35. The van der Waals surface area contributed by atoms with Crippen LogP contribution in [0.1, 0.15) is 26.3 Å². The summed E-state index contributed by atoms with van der Waals surface area (Å²) in [4.78, 5) is 37.4. The van der Waals surface area contributed by atoms with Gasteiger partial charge in [0.2, 0.25) is 5.91 Å². The SMILES string of the molecule is Cc1ccc2c(c1)C(=O)N(CC(=O)Nc1ccccc1F)C2=O. The van der Waals surface area contributed by atoms with Crippen LogP contribution in [0.15, 0.2) is 42.5 Å². The number of benzene rings is 2. The highest BCUT2D eigenvalue weighted by Gasteiger charge is 2.36. The van der Waals surface area contributed by atoms with Crippen LogP contribution in [-0.2, 0) is 4.79 Å². The number of imide groups is 1. The first-order valence-corrected chi connectivity index (χ1v) is 6.98. The van der Waals surface area contributed by atoms with Crippen molar-refractivity contribution >= 4 is 23.4 Å². The van der Waals surface area contributed by atoms with Crippen molar-refractivity contribution in [1.29, 1.82) is 0 Å². The summed E-state index contributed by atoms with van der Waals surface area (Å²) in [6, 6.07) is 10.6. The smallest absolute Gasteiger partial charge is 0.262 e. The first-order valence-electron chi connectivity index (χ1n) is 6.98. The molecule has 3 rings (SSSR count). The van der Waals surface area contributed by atoms with E-state index in [0.29, 0.717) is 0 Å². The van der Waals surface area contributed by atoms with E-state index < -0.39 is 30.1 Å². The van der Waals surface area contributed by atoms with E-state index in [0.717, 1.165) is 10.5 Å². The standard InChI is InChI=1S/C17H13FN2O3/c1-10-6-7-11-12(8-10)17(23)20(16(11)22)9-15(21)19-14-5-3-2-4-13(14)18/h2-8H,9H2,1H3,(H,19,21). The molecule has 5 nitrogen and oxygen atoms in total. The summed E-state index contributed by atoms with van der Waals surface area (Å²) >= 11 is 0. The lowest BCUT2D eigenvalue weighted by molar-refractivity contribution is -0.116. The number of rotatable bonds is 3. The molecule has 0 saturated carbocycles. The number of aryl methyl sites for hydroxylation is 1. The van der Waals surface area contributed by atoms with E-state index >= 15 is 0 Å². The van der Waals surface area contributed by atoms with Gasteiger partial charge < -0.3 is 5.32 Å². The van der Waals surface area contributed by atoms with Gasteiger partial charge in [-0.15, -0.1) is 0 Å². The molecule has 6 heteroatoms. The summed E-state index contributed by atoms with van der Waals surface area (Å²) in [5.41, 5.74) is 1.42. The minimum Gasteiger partial charge on any atom is -0.322 e. The second kappa shape index (κ2) is 5.64. The number of nitrogens with zero attached hydrogens (tertiary/aromatic N) is 1. The van der Waals surface area contributed by atoms with Gasteiger partial charge in [-0.3, -0.25) is 19.3 Å². The van der Waals surface area contributed by atoms with Crippen molar-refractivity contribution in [1.82, 2.24) is 4.90 Å². The highest BCUT2D eigenvalue weighted by atomic mass is 19.1. The quantitative estimate of drug-likeness (QED) is 0.885. The summed E-state index contributed by atoms with van der Waals surface area (Å²) < 4.78 is 13.5. The molecule has 0 bridgehead atoms. The number of amides is 3. The maximum atomic E-state index is 13.5. The molecular weight excluding hydrogens is 299 g/mol. The number of nitrogens with one attached hydrogen (secondary N) is 1. The van der Waals surface area contributed by atoms with Crippen molar-refractivity contribution in [2.45, 2.75) is 6.92 Å². The van der Waals surface area contributed by atoms with Crippen LogP contribution < -0.4 is 5.32 Å². The molecule has 3 amide bonds. The van der Waals surface area contributed by atoms with Gasteiger partial charge in [0.25, 0.3) is 11.8 Å². The van der Waals surface area contributed by atoms with Crippen molar-refractivity contribution in [3.63, 3.8) is 0 Å². The normalized spacial score (nSPS) is 13.2. The highest BCUT2D eigenvalue weighted by molar-refractivity contribution is 6.22. The van der Waals surface area contributed by atoms with Gasteiger partial charge >= 0.3 is 0 Å². The van der Waals surface area contributed by atoms with Gasteiger partial charge in [-0.1, -0.05) is 23.8 Å². The summed E-state index contributed by atoms with van der Waals surface area (Å²) in [7, 11) is 0. The fourth-order valence-electron chi connectivity index (χ4n) is 2.44. The molecule has 23 heavy (non-hydrogen) atoms. The van der Waals surface area contributed by atoms with E-state index in [2.05, 4.69) is 5.32 Å². The first kappa shape index (κ1) is 14.9. The molecule has 0 spiro atoms. The molecule has 1 aliphatic rings. The molecule has 116 valence electrons. The molecule has 0 aliphatic carbocycles. The van der Waals surface area contributed by atoms with E-state index in [1.54, 1.807) is 24.3 Å². The molecule has 1 aliphatic heterocycles. The van der Waals surface area contributed by atoms with Gasteiger partial charge in [0.1, 0.15) is 12.4 Å². The zero-order valence-electron chi connectivity index (χ0n) is 12.3. The number of para-hydroxylation sites is 1. The average Bonchev–Trinajstić information content (AvgIpc) is 2.74. The van der Waals surface area contributed by atoms with Crippen LogP contribution >= 0.6 is 0 Å². The summed E-state index contributed by atoms with van der Waals surface area (Å²) in [5, 5.41) is 2.36. The lowest BCUT2D eigenvalue weighted by Crippen LogP contribution is -2.37. The second-order valence-electron chi connectivity index (χ2n) is 5.27. The van der Waals surface area contributed by atoms with Gasteiger partial charge in [0.05, 0.1) is 16.8 Å². The third kappa shape index (κ3) is 2.70. The lowest BCUT2D eigenvalue weighted by Gasteiger charge is -2.13. The Morgan fingerprint density at radius 2 is 1.78 bits per heavy atom. The minimum atomic E-state index is -0.638. The third-order valence-electron chi connectivity index (χ3n) is 3.58. The van der Waals surface area contributed by atoms with Crippen LogP contribution in [0.25, 0.3) is 0 Å². The Labute approximate surface area is 131 Å². The highest BCUT2D eigenvalue weighted by Crippen LogP contribution is 2.23. The molecule has 0 saturated heterocycles. The molecule has 2 aromatic rings. The maximum Gasteiger partial charge on any atom is 0.262 e. The van der Waals surface area contributed by atoms with Crippen LogP contribution in [0, 0.1) is 12.7 Å². The van der Waals surface area contributed by atoms with Crippen molar-refractivity contribution in [3.8, 4) is 0 Å². The Hall–Kier alpha value is -3.02. The molecule has 0 unspecified atom stereocenters. The number of anilines is 1. The van der Waals surface area contributed by atoms with Gasteiger partial charge in [-0.2, -0.15) is 0 Å². The third-order valence-corrected chi connectivity index (χ3v) is 3.58. The van der Waals surface area contributed by atoms with E-state index in [9.17, 15) is 18.8 Å². The Morgan fingerprint density at radius 1 is 1.09 bits per heavy atom. The summed E-state index contributed by atoms with van der Waals surface area (Å²) in [6.07, 6.45) is 0. The average molecular weight is 312 g/mol. The fourth-order valence-corrected chi connectivity index (χ4v) is 2.44. The van der Waals surface area contributed by atoms with Crippen LogP contribution in [-0.4, -0.2) is 29.2 Å². The van der Waals surface area contributed by atoms with Gasteiger partial charge in [0.15, 0.2) is 0 Å². The van der Waals surface area contributed by atoms with Crippen molar-refractivity contribution < 1.29 is 18.8 Å². The molecular formula is C17H13FN2O3. The first-order chi connectivity index (χ1) is 11.0. The fraction of sp³-hybridized carbons (Fsp3) is 0.118. The minimum absolute atomic E-state index is 0.00459. The monoisotopic (exact) mass is 312 g/mol. The zero-order chi connectivity index (χ0) is 16.6. The Morgan fingerprint density at radius 3 is 2.52 bits per heavy atom. The predicted octanol–water partition coefficient (Wildman–Crippen LogP) is 2.37. The van der Waals surface area contributed by atoms with Gasteiger partial charge in [-0.05, 0) is 31.2 Å².